The number of fused-ring (bicyclic) bond motifs is 4. The van der Waals surface area contributed by atoms with Crippen LogP contribution in [-0.4, -0.2) is 266 Å². The Morgan fingerprint density at radius 3 is 1.14 bits per heavy atom. The highest BCUT2D eigenvalue weighted by molar-refractivity contribution is 7.89. The Hall–Kier alpha value is -11.6. The highest BCUT2D eigenvalue weighted by atomic mass is 32.2. The minimum absolute atomic E-state index is 0.00960. The van der Waals surface area contributed by atoms with Crippen molar-refractivity contribution >= 4 is 184 Å². The fraction of sp³-hybridized carbons (Fsp3) is 0.447. The van der Waals surface area contributed by atoms with Crippen molar-refractivity contribution in [2.75, 3.05) is 220 Å². The van der Waals surface area contributed by atoms with E-state index in [0.29, 0.717) is 94.5 Å². The first kappa shape index (κ1) is 95.1. The molecule has 0 aliphatic carbocycles. The molecule has 0 spiro atoms. The standard InChI is InChI=1S/C27H34N6O4S.C23H28N6O2S.C22H25FN6O2S.C22H27N5O4S2/c1-17(34)18-4-6-19(7-5-18)28-26(35)29-20-8-10-33(11-9-20)25-30-21-16-22(27(2,3)36)38-23(21)24(31-25)32-12-14-37-15-13-32;1-16-2-4-17(5-3-16)24-23(30)25-18-6-9-29(10-7-18)22-26-19-8-15-32-20(19)21(27-22)28-11-13-31-14-12-28;23-16-3-1-2-4-17(16)26-22(30)24-15-5-8-29(9-6-15)21-25-18-7-14-32-19(18)20(27-21)28-10-12-31-13-11-28;1-30-17-2-4-18(5-3-17)33(28,29)25-16-6-9-27(10-7-16)22-23-19-8-15-32-20(19)21(24-22)26-11-13-31-14-12-26/h4-7,16,20,36H,8-15H2,1-3H3,(H2,28,29,35);2-5,8,15,18H,6-7,9-14H2,1H3,(H2,24,25,30);1-4,7,14-15H,5-6,8-13H2,(H2,24,26,30);2-5,8,15-16,25H,6-7,9-14H2,1H3. The van der Waals surface area contributed by atoms with Gasteiger partial charge < -0.3 is 99.9 Å². The number of aromatic nitrogens is 8. The number of methoxy groups -OCH3 is 1. The molecule has 0 radical (unpaired) electrons. The van der Waals surface area contributed by atoms with Crippen LogP contribution >= 0.6 is 45.3 Å². The number of ether oxygens (including phenoxy) is 5. The van der Waals surface area contributed by atoms with Crippen LogP contribution in [0.5, 0.6) is 5.75 Å². The van der Waals surface area contributed by atoms with Crippen LogP contribution in [-0.2, 0) is 34.6 Å². The number of Topliss-reactive ketones (excluding diaryl/α,β-unsaturated/α-hetero) is 1. The number of piperidine rings is 4. The van der Waals surface area contributed by atoms with Gasteiger partial charge in [-0.15, -0.1) is 45.3 Å². The largest absolute Gasteiger partial charge is 0.497 e. The molecule has 4 aromatic carbocycles. The van der Waals surface area contributed by atoms with Crippen molar-refractivity contribution in [2.24, 2.45) is 0 Å². The van der Waals surface area contributed by atoms with E-state index < -0.39 is 21.4 Å². The van der Waals surface area contributed by atoms with E-state index in [1.165, 1.54) is 18.6 Å². The Morgan fingerprint density at radius 2 is 0.778 bits per heavy atom. The van der Waals surface area contributed by atoms with Crippen molar-refractivity contribution in [3.05, 3.63) is 159 Å². The lowest BCUT2D eigenvalue weighted by Gasteiger charge is -2.33. The summed E-state index contributed by atoms with van der Waals surface area (Å²) in [6.07, 6.45) is 6.16. The molecule has 0 unspecified atom stereocenters. The molecule has 8 aromatic heterocycles. The molecule has 0 bridgehead atoms. The number of hydrogen-bond donors (Lipinski definition) is 8. The highest BCUT2D eigenvalue weighted by Gasteiger charge is 2.34. The number of hydrogen-bond acceptors (Lipinski definition) is 32. The molecule has 20 rings (SSSR count). The number of carbonyl (C=O) groups is 4. The van der Waals surface area contributed by atoms with Gasteiger partial charge in [0.15, 0.2) is 29.1 Å². The van der Waals surface area contributed by atoms with Crippen molar-refractivity contribution in [2.45, 2.75) is 114 Å². The van der Waals surface area contributed by atoms with Crippen LogP contribution in [0.25, 0.3) is 40.9 Å². The van der Waals surface area contributed by atoms with Crippen LogP contribution in [0.3, 0.4) is 0 Å². The zero-order chi connectivity index (χ0) is 93.5. The normalized spacial score (nSPS) is 17.5. The number of nitrogens with one attached hydrogen (secondary N) is 7. The average Bonchev–Trinajstić information content (AvgIpc) is 1.65. The van der Waals surface area contributed by atoms with E-state index in [-0.39, 0.29) is 58.6 Å². The molecular weight excluding hydrogens is 1820 g/mol. The minimum Gasteiger partial charge on any atom is -0.497 e. The van der Waals surface area contributed by atoms with Gasteiger partial charge in [0.2, 0.25) is 33.8 Å². The second-order valence-electron chi connectivity index (χ2n) is 34.7. The molecule has 35 nitrogen and oxygen atoms in total. The van der Waals surface area contributed by atoms with Crippen molar-refractivity contribution < 1.29 is 60.8 Å². The molecule has 12 aromatic rings. The van der Waals surface area contributed by atoms with E-state index in [1.54, 1.807) is 133 Å². The third-order valence-corrected chi connectivity index (χ3v) is 30.5. The molecule has 8 aliphatic rings. The predicted molar refractivity (Wildman–Crippen MR) is 532 cm³/mol. The van der Waals surface area contributed by atoms with Crippen LogP contribution < -0.4 is 80.6 Å². The lowest BCUT2D eigenvalue weighted by molar-refractivity contribution is 0.0826. The number of thiophene rings is 4. The summed E-state index contributed by atoms with van der Waals surface area (Å²) in [6.45, 7) is 25.1. The van der Waals surface area contributed by atoms with Gasteiger partial charge in [-0.05, 0) is 192 Å². The smallest absolute Gasteiger partial charge is 0.319 e. The van der Waals surface area contributed by atoms with E-state index in [1.807, 2.05) is 54.8 Å². The topological polar surface area (TPSA) is 382 Å². The number of morpholine rings is 4. The fourth-order valence-corrected chi connectivity index (χ4v) is 22.1. The molecule has 714 valence electrons. The van der Waals surface area contributed by atoms with Gasteiger partial charge in [0.25, 0.3) is 0 Å². The number of halogens is 1. The van der Waals surface area contributed by atoms with Gasteiger partial charge in [-0.3, -0.25) is 4.79 Å². The van der Waals surface area contributed by atoms with Gasteiger partial charge in [-0.25, -0.2) is 51.8 Å². The number of sulfonamides is 1. The average molecular weight is 1940 g/mol. The van der Waals surface area contributed by atoms with E-state index in [4.69, 9.17) is 63.6 Å². The Labute approximate surface area is 798 Å². The number of benzene rings is 4. The van der Waals surface area contributed by atoms with Crippen molar-refractivity contribution in [3.8, 4) is 5.75 Å². The molecule has 0 atom stereocenters. The van der Waals surface area contributed by atoms with Crippen LogP contribution in [0.4, 0.5) is 82.9 Å². The molecule has 8 fully saturated rings. The number of ketones is 1. The Kier molecular flexibility index (Phi) is 31.0. The van der Waals surface area contributed by atoms with E-state index in [9.17, 15) is 37.1 Å². The molecule has 8 aliphatic heterocycles. The number of nitrogens with zero attached hydrogens (tertiary/aromatic N) is 16. The second-order valence-corrected chi connectivity index (χ2v) is 40.2. The van der Waals surface area contributed by atoms with Gasteiger partial charge in [0.1, 0.15) is 11.6 Å². The Morgan fingerprint density at radius 1 is 0.430 bits per heavy atom. The number of para-hydroxylation sites is 1. The molecule has 16 heterocycles. The van der Waals surface area contributed by atoms with Gasteiger partial charge >= 0.3 is 18.1 Å². The highest BCUT2D eigenvalue weighted by Crippen LogP contribution is 2.41. The maximum absolute atomic E-state index is 13.7. The molecule has 41 heteroatoms. The monoisotopic (exact) mass is 1940 g/mol. The van der Waals surface area contributed by atoms with Crippen LogP contribution in [0.2, 0.25) is 0 Å². The summed E-state index contributed by atoms with van der Waals surface area (Å²) in [4.78, 5) is 107. The summed E-state index contributed by atoms with van der Waals surface area (Å²) in [5.41, 5.74) is 6.21. The van der Waals surface area contributed by atoms with Crippen LogP contribution in [0.15, 0.2) is 142 Å². The van der Waals surface area contributed by atoms with Crippen LogP contribution in [0.1, 0.15) is 92.9 Å². The van der Waals surface area contributed by atoms with Crippen molar-refractivity contribution in [1.82, 2.24) is 60.5 Å². The lowest BCUT2D eigenvalue weighted by atomic mass is 10.1. The first-order chi connectivity index (χ1) is 65.5. The molecule has 8 N–H and O–H groups in total. The van der Waals surface area contributed by atoms with Crippen LogP contribution in [0, 0.1) is 12.7 Å². The number of anilines is 11. The maximum Gasteiger partial charge on any atom is 0.319 e. The molecule has 0 saturated carbocycles. The summed E-state index contributed by atoms with van der Waals surface area (Å²) in [5, 5.41) is 34.2. The summed E-state index contributed by atoms with van der Waals surface area (Å²) in [5.74, 6) is 6.91. The first-order valence-electron chi connectivity index (χ1n) is 46.0. The number of rotatable bonds is 20. The van der Waals surface area contributed by atoms with Gasteiger partial charge in [0.05, 0.1) is 117 Å². The zero-order valence-electron chi connectivity index (χ0n) is 76.2. The van der Waals surface area contributed by atoms with Crippen molar-refractivity contribution in [3.63, 3.8) is 0 Å². The summed E-state index contributed by atoms with van der Waals surface area (Å²) >= 11 is 6.56. The third kappa shape index (κ3) is 24.3. The maximum atomic E-state index is 13.7. The fourth-order valence-electron chi connectivity index (χ4n) is 17.2. The van der Waals surface area contributed by atoms with Crippen molar-refractivity contribution in [1.29, 1.82) is 0 Å². The quantitative estimate of drug-likeness (QED) is 0.0329. The van der Waals surface area contributed by atoms with Gasteiger partial charge in [-0.1, -0.05) is 29.8 Å². The first-order valence-corrected chi connectivity index (χ1v) is 50.9. The Balaban J connectivity index is 0.000000125. The summed E-state index contributed by atoms with van der Waals surface area (Å²) < 4.78 is 73.7. The molecular formula is C94H114FN23O12S5. The number of urea groups is 3. The minimum atomic E-state index is -3.58. The van der Waals surface area contributed by atoms with E-state index >= 15 is 0 Å². The number of aliphatic hydroxyl groups is 1. The van der Waals surface area contributed by atoms with Gasteiger partial charge in [0, 0.05) is 151 Å². The van der Waals surface area contributed by atoms with E-state index in [2.05, 4.69) is 92.6 Å². The third-order valence-electron chi connectivity index (χ3n) is 24.8. The van der Waals surface area contributed by atoms with Gasteiger partial charge in [-0.2, -0.15) is 19.9 Å². The molecule has 8 saturated heterocycles. The predicted octanol–water partition coefficient (Wildman–Crippen LogP) is 13.3. The van der Waals surface area contributed by atoms with E-state index in [0.717, 1.165) is 230 Å². The number of carbonyl (C=O) groups excluding carboxylic acids is 4. The summed E-state index contributed by atoms with van der Waals surface area (Å²) in [6, 6.07) is 34.6. The number of amides is 6. The number of aryl methyl sites for hydroxylation is 1. The second kappa shape index (κ2) is 44.0. The SMILES string of the molecule is CC(=O)c1ccc(NC(=O)NC2CCN(c3nc(N4CCOCC4)c4sc(C(C)(C)O)cc4n3)CC2)cc1.COc1ccc(S(=O)(=O)NC2CCN(c3nc(N4CCOCC4)c4sccc4n3)CC2)cc1.Cc1ccc(NC(=O)NC2CCN(c3nc(N4CCOCC4)c4sccc4n3)CC2)cc1.O=C(Nc1ccccc1F)NC1CCN(c2nc(N3CCOCC3)c3sccc3n2)CC1. The Bertz CT molecular complexity index is 6160. The molecule has 135 heavy (non-hydrogen) atoms. The molecule has 6 amide bonds. The zero-order valence-corrected chi connectivity index (χ0v) is 80.3. The summed E-state index contributed by atoms with van der Waals surface area (Å²) in [7, 11) is -2.03. The lowest BCUT2D eigenvalue weighted by Crippen LogP contribution is -2.46.